The molecule has 2 N–H and O–H groups in total. The Labute approximate surface area is 87.8 Å². The van der Waals surface area contributed by atoms with E-state index in [1.165, 1.54) is 0 Å². The molecule has 0 saturated heterocycles. The van der Waals surface area contributed by atoms with E-state index in [4.69, 9.17) is 5.73 Å². The molecule has 0 saturated carbocycles. The highest BCUT2D eigenvalue weighted by molar-refractivity contribution is 5.77. The van der Waals surface area contributed by atoms with E-state index in [0.29, 0.717) is 0 Å². The lowest BCUT2D eigenvalue weighted by Gasteiger charge is -2.12. The van der Waals surface area contributed by atoms with Gasteiger partial charge in [-0.2, -0.15) is 0 Å². The smallest absolute Gasteiger partial charge is 0.327 e. The van der Waals surface area contributed by atoms with Gasteiger partial charge in [0.25, 0.3) is 0 Å². The molecular formula is C9H7F4NO2. The molecule has 0 radical (unpaired) electrons. The summed E-state index contributed by atoms with van der Waals surface area (Å²) in [5.74, 6) is -7.89. The number of carbonyl (C=O) groups excluding carboxylic acids is 1. The van der Waals surface area contributed by atoms with Crippen LogP contribution in [0.25, 0.3) is 0 Å². The van der Waals surface area contributed by atoms with Crippen molar-refractivity contribution in [2.75, 3.05) is 7.11 Å². The molecule has 88 valence electrons. The molecule has 0 spiro atoms. The van der Waals surface area contributed by atoms with Gasteiger partial charge in [0, 0.05) is 6.07 Å². The van der Waals surface area contributed by atoms with Gasteiger partial charge in [-0.05, 0) is 0 Å². The van der Waals surface area contributed by atoms with Crippen LogP contribution in [0.4, 0.5) is 17.6 Å². The minimum atomic E-state index is -1.92. The molecule has 16 heavy (non-hydrogen) atoms. The Balaban J connectivity index is 3.37. The first-order valence-electron chi connectivity index (χ1n) is 4.06. The second kappa shape index (κ2) is 4.48. The first-order chi connectivity index (χ1) is 7.40. The largest absolute Gasteiger partial charge is 0.468 e. The van der Waals surface area contributed by atoms with Crippen LogP contribution in [0.3, 0.4) is 0 Å². The van der Waals surface area contributed by atoms with Crippen LogP contribution in [0, 0.1) is 23.3 Å². The van der Waals surface area contributed by atoms with E-state index in [0.717, 1.165) is 7.11 Å². The molecule has 0 aromatic heterocycles. The molecule has 0 bridgehead atoms. The van der Waals surface area contributed by atoms with Crippen molar-refractivity contribution in [1.82, 2.24) is 0 Å². The zero-order chi connectivity index (χ0) is 12.5. The maximum absolute atomic E-state index is 13.1. The monoisotopic (exact) mass is 237 g/mol. The molecule has 1 unspecified atom stereocenters. The summed E-state index contributed by atoms with van der Waals surface area (Å²) in [6.45, 7) is 0. The average Bonchev–Trinajstić information content (AvgIpc) is 2.25. The van der Waals surface area contributed by atoms with Gasteiger partial charge in [-0.1, -0.05) is 0 Å². The standard InChI is InChI=1S/C9H7F4NO2/c1-16-9(15)8(14)5-6(12)3(10)2-4(11)7(5)13/h2,8H,14H2,1H3. The minimum Gasteiger partial charge on any atom is -0.468 e. The zero-order valence-corrected chi connectivity index (χ0v) is 8.06. The van der Waals surface area contributed by atoms with Crippen LogP contribution in [0.15, 0.2) is 6.07 Å². The summed E-state index contributed by atoms with van der Waals surface area (Å²) in [6, 6.07) is -1.90. The lowest BCUT2D eigenvalue weighted by atomic mass is 10.1. The summed E-state index contributed by atoms with van der Waals surface area (Å²) in [4.78, 5) is 10.9. The predicted octanol–water partition coefficient (Wildman–Crippen LogP) is 1.42. The van der Waals surface area contributed by atoms with E-state index in [1.807, 2.05) is 0 Å². The molecule has 0 aliphatic rings. The van der Waals surface area contributed by atoms with Gasteiger partial charge in [0.15, 0.2) is 23.3 Å². The van der Waals surface area contributed by atoms with E-state index in [1.54, 1.807) is 0 Å². The van der Waals surface area contributed by atoms with Gasteiger partial charge in [0.1, 0.15) is 6.04 Å². The Kier molecular flexibility index (Phi) is 3.48. The third kappa shape index (κ3) is 1.99. The fraction of sp³-hybridized carbons (Fsp3) is 0.222. The molecule has 1 aromatic carbocycles. The van der Waals surface area contributed by atoms with E-state index in [9.17, 15) is 22.4 Å². The van der Waals surface area contributed by atoms with Crippen molar-refractivity contribution in [3.63, 3.8) is 0 Å². The third-order valence-electron chi connectivity index (χ3n) is 1.91. The van der Waals surface area contributed by atoms with Crippen molar-refractivity contribution in [2.24, 2.45) is 5.73 Å². The van der Waals surface area contributed by atoms with Crippen LogP contribution < -0.4 is 5.73 Å². The normalized spacial score (nSPS) is 12.4. The fourth-order valence-corrected chi connectivity index (χ4v) is 1.11. The number of ether oxygens (including phenoxy) is 1. The van der Waals surface area contributed by atoms with E-state index < -0.39 is 40.8 Å². The maximum Gasteiger partial charge on any atom is 0.327 e. The van der Waals surface area contributed by atoms with Crippen LogP contribution in [0.5, 0.6) is 0 Å². The van der Waals surface area contributed by atoms with Crippen molar-refractivity contribution >= 4 is 5.97 Å². The molecular weight excluding hydrogens is 230 g/mol. The van der Waals surface area contributed by atoms with Gasteiger partial charge in [-0.15, -0.1) is 0 Å². The number of rotatable bonds is 2. The predicted molar refractivity (Wildman–Crippen MR) is 45.2 cm³/mol. The number of nitrogens with two attached hydrogens (primary N) is 1. The Morgan fingerprint density at radius 3 is 2.06 bits per heavy atom. The highest BCUT2D eigenvalue weighted by Gasteiger charge is 2.28. The molecule has 0 amide bonds. The highest BCUT2D eigenvalue weighted by atomic mass is 19.2. The average molecular weight is 237 g/mol. The Bertz CT molecular complexity index is 410. The molecule has 1 aromatic rings. The fourth-order valence-electron chi connectivity index (χ4n) is 1.11. The van der Waals surface area contributed by atoms with Crippen LogP contribution in [-0.4, -0.2) is 13.1 Å². The number of esters is 1. The van der Waals surface area contributed by atoms with Crippen molar-refractivity contribution in [1.29, 1.82) is 0 Å². The second-order valence-corrected chi connectivity index (χ2v) is 2.88. The first kappa shape index (κ1) is 12.4. The van der Waals surface area contributed by atoms with Gasteiger partial charge in [-0.25, -0.2) is 17.6 Å². The number of benzene rings is 1. The summed E-state index contributed by atoms with van der Waals surface area (Å²) in [5, 5.41) is 0. The lowest BCUT2D eigenvalue weighted by molar-refractivity contribution is -0.142. The summed E-state index contributed by atoms with van der Waals surface area (Å²) < 4.78 is 55.9. The summed E-state index contributed by atoms with van der Waals surface area (Å²) in [7, 11) is 0.924. The number of methoxy groups -OCH3 is 1. The molecule has 0 aliphatic heterocycles. The van der Waals surface area contributed by atoms with Crippen molar-refractivity contribution in [2.45, 2.75) is 6.04 Å². The van der Waals surface area contributed by atoms with Crippen LogP contribution in [0.2, 0.25) is 0 Å². The minimum absolute atomic E-state index is 0.0260. The van der Waals surface area contributed by atoms with Crippen molar-refractivity contribution in [3.8, 4) is 0 Å². The summed E-state index contributed by atoms with van der Waals surface area (Å²) >= 11 is 0. The Hall–Kier alpha value is -1.63. The third-order valence-corrected chi connectivity index (χ3v) is 1.91. The van der Waals surface area contributed by atoms with Gasteiger partial charge in [0.05, 0.1) is 12.7 Å². The van der Waals surface area contributed by atoms with Crippen molar-refractivity contribution < 1.29 is 27.1 Å². The lowest BCUT2D eigenvalue weighted by Crippen LogP contribution is -2.26. The quantitative estimate of drug-likeness (QED) is 0.480. The molecule has 1 atom stereocenters. The van der Waals surface area contributed by atoms with E-state index in [2.05, 4.69) is 4.74 Å². The van der Waals surface area contributed by atoms with Crippen LogP contribution in [0.1, 0.15) is 11.6 Å². The molecule has 7 heteroatoms. The van der Waals surface area contributed by atoms with Gasteiger partial charge < -0.3 is 10.5 Å². The Morgan fingerprint density at radius 1 is 1.25 bits per heavy atom. The molecule has 0 aliphatic carbocycles. The van der Waals surface area contributed by atoms with Crippen LogP contribution in [-0.2, 0) is 9.53 Å². The summed E-state index contributed by atoms with van der Waals surface area (Å²) in [6.07, 6.45) is 0. The summed E-state index contributed by atoms with van der Waals surface area (Å²) in [5.41, 5.74) is 3.91. The number of carbonyl (C=O) groups is 1. The van der Waals surface area contributed by atoms with E-state index in [-0.39, 0.29) is 6.07 Å². The highest BCUT2D eigenvalue weighted by Crippen LogP contribution is 2.24. The molecule has 0 fully saturated rings. The molecule has 0 heterocycles. The molecule has 1 rings (SSSR count). The van der Waals surface area contributed by atoms with Gasteiger partial charge in [-0.3, -0.25) is 4.79 Å². The maximum atomic E-state index is 13.1. The van der Waals surface area contributed by atoms with Gasteiger partial charge in [0.2, 0.25) is 0 Å². The number of hydrogen-bond acceptors (Lipinski definition) is 3. The first-order valence-corrected chi connectivity index (χ1v) is 4.06. The molecule has 3 nitrogen and oxygen atoms in total. The van der Waals surface area contributed by atoms with Crippen LogP contribution >= 0.6 is 0 Å². The number of hydrogen-bond donors (Lipinski definition) is 1. The number of halogens is 4. The van der Waals surface area contributed by atoms with Crippen molar-refractivity contribution in [3.05, 3.63) is 34.9 Å². The second-order valence-electron chi connectivity index (χ2n) is 2.88. The van der Waals surface area contributed by atoms with E-state index >= 15 is 0 Å². The zero-order valence-electron chi connectivity index (χ0n) is 8.06. The SMILES string of the molecule is COC(=O)C(N)c1c(F)c(F)cc(F)c1F. The Morgan fingerprint density at radius 2 is 1.69 bits per heavy atom. The topological polar surface area (TPSA) is 52.3 Å². The van der Waals surface area contributed by atoms with Gasteiger partial charge >= 0.3 is 5.97 Å².